The highest BCUT2D eigenvalue weighted by atomic mass is 32.2. The lowest BCUT2D eigenvalue weighted by Gasteiger charge is -2.29. The first-order chi connectivity index (χ1) is 13.1. The second kappa shape index (κ2) is 7.43. The summed E-state index contributed by atoms with van der Waals surface area (Å²) in [5.41, 5.74) is 0. The van der Waals surface area contributed by atoms with Crippen LogP contribution in [0, 0.1) is 11.8 Å². The molecule has 12 heteroatoms. The Hall–Kier alpha value is -2.60. The van der Waals surface area contributed by atoms with Crippen LogP contribution in [0.5, 0.6) is 0 Å². The van der Waals surface area contributed by atoms with E-state index in [1.807, 2.05) is 0 Å². The minimum absolute atomic E-state index is 0.0239. The van der Waals surface area contributed by atoms with Gasteiger partial charge in [-0.1, -0.05) is 0 Å². The Balaban J connectivity index is 1.52. The molecule has 0 aromatic heterocycles. The van der Waals surface area contributed by atoms with Crippen molar-refractivity contribution < 1.29 is 41.8 Å². The summed E-state index contributed by atoms with van der Waals surface area (Å²) in [5.74, 6) is -4.48. The molecule has 0 aromatic rings. The lowest BCUT2D eigenvalue weighted by atomic mass is 9.82. The largest absolute Gasteiger partial charge is 0.336 e. The molecule has 1 saturated heterocycles. The van der Waals surface area contributed by atoms with Crippen molar-refractivity contribution in [1.29, 1.82) is 0 Å². The third kappa shape index (κ3) is 3.97. The summed E-state index contributed by atoms with van der Waals surface area (Å²) < 4.78 is 31.2. The minimum atomic E-state index is -4.77. The van der Waals surface area contributed by atoms with Crippen molar-refractivity contribution in [2.24, 2.45) is 11.8 Å². The molecule has 1 saturated carbocycles. The van der Waals surface area contributed by atoms with Crippen LogP contribution >= 0.6 is 0 Å². The third-order valence-electron chi connectivity index (χ3n) is 5.12. The Kier molecular flexibility index (Phi) is 5.35. The molecule has 2 aliphatic heterocycles. The smallest absolute Gasteiger partial charge is 0.330 e. The maximum atomic E-state index is 12.2. The van der Waals surface area contributed by atoms with Crippen LogP contribution in [0.4, 0.5) is 0 Å². The van der Waals surface area contributed by atoms with Gasteiger partial charge in [-0.15, -0.1) is 5.06 Å². The minimum Gasteiger partial charge on any atom is -0.330 e. The molecule has 0 spiro atoms. The van der Waals surface area contributed by atoms with Gasteiger partial charge in [0, 0.05) is 18.7 Å². The predicted octanol–water partition coefficient (Wildman–Crippen LogP) is -0.809. The Labute approximate surface area is 160 Å². The molecular formula is C16H18N2O9S. The molecule has 3 aliphatic rings. The lowest BCUT2D eigenvalue weighted by molar-refractivity contribution is -0.201. The number of hydrogen-bond acceptors (Lipinski definition) is 8. The number of hydroxylamine groups is 2. The molecule has 2 heterocycles. The molecule has 0 aromatic carbocycles. The molecule has 3 rings (SSSR count). The van der Waals surface area contributed by atoms with Crippen LogP contribution < -0.4 is 0 Å². The molecular weight excluding hydrogens is 396 g/mol. The van der Waals surface area contributed by atoms with Gasteiger partial charge < -0.3 is 4.84 Å². The van der Waals surface area contributed by atoms with E-state index < -0.39 is 45.5 Å². The molecule has 0 radical (unpaired) electrons. The first-order valence-corrected chi connectivity index (χ1v) is 10.2. The number of hydrogen-bond donors (Lipinski definition) is 1. The number of carbonyl (C=O) groups excluding carboxylic acids is 5. The molecule has 11 nitrogen and oxygen atoms in total. The van der Waals surface area contributed by atoms with E-state index in [0.29, 0.717) is 25.7 Å². The van der Waals surface area contributed by atoms with Crippen LogP contribution in [-0.2, 0) is 38.9 Å². The number of carbonyl (C=O) groups is 5. The van der Waals surface area contributed by atoms with Crippen LogP contribution in [0.2, 0.25) is 0 Å². The van der Waals surface area contributed by atoms with Gasteiger partial charge in [-0.2, -0.15) is 8.42 Å². The van der Waals surface area contributed by atoms with E-state index in [4.69, 9.17) is 9.39 Å². The van der Waals surface area contributed by atoms with Crippen molar-refractivity contribution in [3.8, 4) is 0 Å². The maximum Gasteiger partial charge on any atom is 0.336 e. The van der Waals surface area contributed by atoms with Crippen molar-refractivity contribution in [2.45, 2.75) is 37.4 Å². The van der Waals surface area contributed by atoms with Gasteiger partial charge in [0.2, 0.25) is 0 Å². The molecule has 1 N–H and O–H groups in total. The Morgan fingerprint density at radius 2 is 1.64 bits per heavy atom. The predicted molar refractivity (Wildman–Crippen MR) is 89.2 cm³/mol. The molecule has 0 bridgehead atoms. The summed E-state index contributed by atoms with van der Waals surface area (Å²) in [4.78, 5) is 65.0. The second-order valence-electron chi connectivity index (χ2n) is 6.98. The van der Waals surface area contributed by atoms with E-state index in [1.54, 1.807) is 0 Å². The molecule has 2 fully saturated rings. The van der Waals surface area contributed by atoms with Crippen molar-refractivity contribution in [2.75, 3.05) is 6.54 Å². The fourth-order valence-corrected chi connectivity index (χ4v) is 4.23. The van der Waals surface area contributed by atoms with Gasteiger partial charge in [0.15, 0.2) is 5.25 Å². The van der Waals surface area contributed by atoms with Gasteiger partial charge in [0.05, 0.1) is 12.3 Å². The van der Waals surface area contributed by atoms with E-state index in [0.717, 1.165) is 4.90 Å². The second-order valence-corrected chi connectivity index (χ2v) is 8.58. The third-order valence-corrected chi connectivity index (χ3v) is 6.21. The number of nitrogens with zero attached hydrogens (tertiary/aromatic N) is 2. The molecule has 1 atom stereocenters. The monoisotopic (exact) mass is 414 g/mol. The van der Waals surface area contributed by atoms with Gasteiger partial charge >= 0.3 is 5.97 Å². The SMILES string of the molecule is O=C1C=CC(=O)N1C[C@H]1CC[C@H](C(=O)ON2C(=O)CC(S(=O)(=O)O)C2=O)CC1. The molecule has 1 unspecified atom stereocenters. The van der Waals surface area contributed by atoms with E-state index in [2.05, 4.69) is 0 Å². The normalized spacial score (nSPS) is 28.4. The van der Waals surface area contributed by atoms with Crippen molar-refractivity contribution in [3.05, 3.63) is 12.2 Å². The van der Waals surface area contributed by atoms with Gasteiger partial charge in [-0.25, -0.2) is 4.79 Å². The Bertz CT molecular complexity index is 853. The van der Waals surface area contributed by atoms with Crippen LogP contribution in [0.15, 0.2) is 12.2 Å². The van der Waals surface area contributed by atoms with Gasteiger partial charge in [0.25, 0.3) is 33.7 Å². The summed E-state index contributed by atoms with van der Waals surface area (Å²) in [5, 5.41) is -1.87. The zero-order valence-electron chi connectivity index (χ0n) is 14.6. The van der Waals surface area contributed by atoms with Gasteiger partial charge in [0.1, 0.15) is 0 Å². The van der Waals surface area contributed by atoms with Gasteiger partial charge in [-0.05, 0) is 31.6 Å². The molecule has 152 valence electrons. The maximum absolute atomic E-state index is 12.2. The highest BCUT2D eigenvalue weighted by molar-refractivity contribution is 7.87. The van der Waals surface area contributed by atoms with Crippen LogP contribution in [0.3, 0.4) is 0 Å². The summed E-state index contributed by atoms with van der Waals surface area (Å²) in [6.45, 7) is 0.256. The van der Waals surface area contributed by atoms with E-state index in [9.17, 15) is 32.4 Å². The number of imide groups is 2. The molecule has 28 heavy (non-hydrogen) atoms. The van der Waals surface area contributed by atoms with Crippen LogP contribution in [0.1, 0.15) is 32.1 Å². The number of amides is 4. The standard InChI is InChI=1S/C16H18N2O9S/c19-12-5-6-13(20)17(12)8-9-1-3-10(4-2-9)16(23)27-18-14(21)7-11(15(18)22)28(24,25)26/h5-6,9-11H,1-4,7-8H2,(H,24,25,26)/t9-,10-,11?. The summed E-state index contributed by atoms with van der Waals surface area (Å²) in [6, 6.07) is 0. The van der Waals surface area contributed by atoms with Crippen molar-refractivity contribution in [1.82, 2.24) is 9.96 Å². The zero-order chi connectivity index (χ0) is 20.6. The van der Waals surface area contributed by atoms with E-state index in [1.165, 1.54) is 12.2 Å². The molecule has 4 amide bonds. The highest BCUT2D eigenvalue weighted by Crippen LogP contribution is 2.31. The van der Waals surface area contributed by atoms with Crippen molar-refractivity contribution in [3.63, 3.8) is 0 Å². The molecule has 1 aliphatic carbocycles. The van der Waals surface area contributed by atoms with Crippen LogP contribution in [-0.4, -0.2) is 64.3 Å². The Morgan fingerprint density at radius 3 is 2.14 bits per heavy atom. The zero-order valence-corrected chi connectivity index (χ0v) is 15.5. The summed E-state index contributed by atoms with van der Waals surface area (Å²) in [6.07, 6.45) is 3.42. The highest BCUT2D eigenvalue weighted by Gasteiger charge is 2.49. The first-order valence-electron chi connectivity index (χ1n) is 8.66. The van der Waals surface area contributed by atoms with E-state index >= 15 is 0 Å². The van der Waals surface area contributed by atoms with Crippen molar-refractivity contribution >= 4 is 39.7 Å². The summed E-state index contributed by atoms with van der Waals surface area (Å²) >= 11 is 0. The van der Waals surface area contributed by atoms with E-state index in [-0.39, 0.29) is 29.3 Å². The first kappa shape index (κ1) is 20.1. The van der Waals surface area contributed by atoms with Gasteiger partial charge in [-0.3, -0.25) is 28.6 Å². The number of rotatable bonds is 5. The fraction of sp³-hybridized carbons (Fsp3) is 0.562. The topological polar surface area (TPSA) is 155 Å². The lowest BCUT2D eigenvalue weighted by Crippen LogP contribution is -2.40. The quantitative estimate of drug-likeness (QED) is 0.449. The average Bonchev–Trinajstić information content (AvgIpc) is 3.09. The average molecular weight is 414 g/mol. The fourth-order valence-electron chi connectivity index (χ4n) is 3.53. The summed E-state index contributed by atoms with van der Waals surface area (Å²) in [7, 11) is -4.77. The Morgan fingerprint density at radius 1 is 1.07 bits per heavy atom. The van der Waals surface area contributed by atoms with Crippen LogP contribution in [0.25, 0.3) is 0 Å².